The molecule has 0 aliphatic carbocycles. The molecule has 0 aromatic rings. The topological polar surface area (TPSA) is 43.4 Å². The Bertz CT molecular complexity index is 182. The first-order chi connectivity index (χ1) is 4.06. The Morgan fingerprint density at radius 2 is 2.22 bits per heavy atom. The molecule has 0 aromatic carbocycles. The summed E-state index contributed by atoms with van der Waals surface area (Å²) in [6.07, 6.45) is 1.32. The minimum Gasteiger partial charge on any atom is -0.381 e. The summed E-state index contributed by atoms with van der Waals surface area (Å²) in [5.41, 5.74) is 0. The van der Waals surface area contributed by atoms with Gasteiger partial charge in [-0.3, -0.25) is 0 Å². The van der Waals surface area contributed by atoms with E-state index >= 15 is 0 Å². The lowest BCUT2D eigenvalue weighted by atomic mass is 10.7. The Morgan fingerprint density at radius 1 is 1.67 bits per heavy atom. The molecule has 0 saturated carbocycles. The van der Waals surface area contributed by atoms with Crippen molar-refractivity contribution in [2.45, 2.75) is 0 Å². The zero-order valence-corrected chi connectivity index (χ0v) is 6.45. The third kappa shape index (κ3) is 7.94. The van der Waals surface area contributed by atoms with Crippen molar-refractivity contribution in [3.63, 3.8) is 0 Å². The average molecular weight is 171 g/mol. The van der Waals surface area contributed by atoms with Gasteiger partial charge in [-0.05, 0) is 6.08 Å². The SMILES string of the molecule is COC/C=C\S(=O)(=O)Cl. The van der Waals surface area contributed by atoms with Crippen molar-refractivity contribution in [1.29, 1.82) is 0 Å². The largest absolute Gasteiger partial charge is 0.381 e. The monoisotopic (exact) mass is 170 g/mol. The maximum Gasteiger partial charge on any atom is 0.254 e. The predicted molar refractivity (Wildman–Crippen MR) is 35.8 cm³/mol. The Morgan fingerprint density at radius 3 is 2.56 bits per heavy atom. The molecule has 0 saturated heterocycles. The Labute approximate surface area is 58.7 Å². The van der Waals surface area contributed by atoms with Crippen LogP contribution in [0.15, 0.2) is 11.5 Å². The van der Waals surface area contributed by atoms with E-state index < -0.39 is 9.05 Å². The standard InChI is InChI=1S/C4H7ClO3S/c1-8-3-2-4-9(5,6)7/h2,4H,3H2,1H3/b4-2-. The van der Waals surface area contributed by atoms with Crippen LogP contribution in [0.1, 0.15) is 0 Å². The second kappa shape index (κ2) is 3.87. The van der Waals surface area contributed by atoms with E-state index in [1.54, 1.807) is 0 Å². The molecule has 0 atom stereocenters. The smallest absolute Gasteiger partial charge is 0.254 e. The first-order valence-electron chi connectivity index (χ1n) is 2.16. The summed E-state index contributed by atoms with van der Waals surface area (Å²) in [5, 5.41) is 0.887. The van der Waals surface area contributed by atoms with Gasteiger partial charge in [0.1, 0.15) is 0 Å². The normalized spacial score (nSPS) is 12.7. The van der Waals surface area contributed by atoms with Gasteiger partial charge in [-0.15, -0.1) is 0 Å². The van der Waals surface area contributed by atoms with E-state index in [9.17, 15) is 8.42 Å². The highest BCUT2D eigenvalue weighted by atomic mass is 35.7. The van der Waals surface area contributed by atoms with Crippen LogP contribution in [0.4, 0.5) is 0 Å². The molecule has 0 amide bonds. The van der Waals surface area contributed by atoms with Gasteiger partial charge in [-0.1, -0.05) is 0 Å². The van der Waals surface area contributed by atoms with Crippen LogP contribution in [0.2, 0.25) is 0 Å². The molecule has 0 aliphatic heterocycles. The number of ether oxygens (including phenoxy) is 1. The summed E-state index contributed by atoms with van der Waals surface area (Å²) in [6, 6.07) is 0. The lowest BCUT2D eigenvalue weighted by Crippen LogP contribution is -1.84. The third-order valence-corrected chi connectivity index (χ3v) is 1.35. The number of halogens is 1. The van der Waals surface area contributed by atoms with Crippen LogP contribution in [0.25, 0.3) is 0 Å². The molecule has 5 heteroatoms. The average Bonchev–Trinajstić information content (AvgIpc) is 1.63. The molecule has 0 spiro atoms. The molecule has 54 valence electrons. The molecule has 0 rings (SSSR count). The molecule has 0 aliphatic rings. The first kappa shape index (κ1) is 8.94. The van der Waals surface area contributed by atoms with Crippen molar-refractivity contribution in [2.24, 2.45) is 0 Å². The van der Waals surface area contributed by atoms with Gasteiger partial charge in [0.2, 0.25) is 0 Å². The fraction of sp³-hybridized carbons (Fsp3) is 0.500. The maximum absolute atomic E-state index is 10.1. The molecule has 0 unspecified atom stereocenters. The van der Waals surface area contributed by atoms with Gasteiger partial charge in [0.15, 0.2) is 0 Å². The van der Waals surface area contributed by atoms with E-state index in [2.05, 4.69) is 4.74 Å². The minimum atomic E-state index is -3.48. The Balaban J connectivity index is 3.73. The number of rotatable bonds is 3. The zero-order valence-electron chi connectivity index (χ0n) is 4.87. The van der Waals surface area contributed by atoms with Crippen LogP contribution in [0.3, 0.4) is 0 Å². The van der Waals surface area contributed by atoms with Crippen LogP contribution >= 0.6 is 10.7 Å². The molecule has 9 heavy (non-hydrogen) atoms. The Hall–Kier alpha value is -0.0600. The maximum atomic E-state index is 10.1. The fourth-order valence-corrected chi connectivity index (χ4v) is 0.777. The third-order valence-electron chi connectivity index (χ3n) is 0.522. The molecule has 0 N–H and O–H groups in total. The highest BCUT2D eigenvalue weighted by molar-refractivity contribution is 8.16. The second-order valence-corrected chi connectivity index (χ2v) is 3.82. The van der Waals surface area contributed by atoms with Gasteiger partial charge < -0.3 is 4.74 Å². The summed E-state index contributed by atoms with van der Waals surface area (Å²) in [5.74, 6) is 0. The van der Waals surface area contributed by atoms with Gasteiger partial charge in [0.05, 0.1) is 6.61 Å². The summed E-state index contributed by atoms with van der Waals surface area (Å²) in [7, 11) is 2.78. The molecule has 0 radical (unpaired) electrons. The predicted octanol–water partition coefficient (Wildman–Crippen LogP) is 0.715. The summed E-state index contributed by atoms with van der Waals surface area (Å²) < 4.78 is 24.8. The van der Waals surface area contributed by atoms with Crippen molar-refractivity contribution in [3.05, 3.63) is 11.5 Å². The van der Waals surface area contributed by atoms with Gasteiger partial charge in [-0.25, -0.2) is 8.42 Å². The van der Waals surface area contributed by atoms with Crippen LogP contribution in [-0.4, -0.2) is 22.1 Å². The first-order valence-corrected chi connectivity index (χ1v) is 4.53. The number of methoxy groups -OCH3 is 1. The van der Waals surface area contributed by atoms with E-state index in [4.69, 9.17) is 10.7 Å². The lowest BCUT2D eigenvalue weighted by molar-refractivity contribution is 0.234. The van der Waals surface area contributed by atoms with Crippen molar-refractivity contribution >= 4 is 19.7 Å². The zero-order chi connectivity index (χ0) is 7.33. The van der Waals surface area contributed by atoms with Gasteiger partial charge in [0, 0.05) is 23.2 Å². The van der Waals surface area contributed by atoms with Crippen LogP contribution in [-0.2, 0) is 13.8 Å². The van der Waals surface area contributed by atoms with Crippen LogP contribution in [0, 0.1) is 0 Å². The quantitative estimate of drug-likeness (QED) is 0.587. The Kier molecular flexibility index (Phi) is 3.84. The van der Waals surface area contributed by atoms with Crippen molar-refractivity contribution in [3.8, 4) is 0 Å². The summed E-state index contributed by atoms with van der Waals surface area (Å²) >= 11 is 0. The fourth-order valence-electron chi connectivity index (χ4n) is 0.250. The summed E-state index contributed by atoms with van der Waals surface area (Å²) in [6.45, 7) is 0.256. The summed E-state index contributed by atoms with van der Waals surface area (Å²) in [4.78, 5) is 0. The van der Waals surface area contributed by atoms with Gasteiger partial charge in [0.25, 0.3) is 9.05 Å². The van der Waals surface area contributed by atoms with Crippen molar-refractivity contribution in [1.82, 2.24) is 0 Å². The molecule has 0 heterocycles. The molecular formula is C4H7ClO3S. The van der Waals surface area contributed by atoms with E-state index in [1.165, 1.54) is 13.2 Å². The van der Waals surface area contributed by atoms with E-state index in [1.807, 2.05) is 0 Å². The molecule has 3 nitrogen and oxygen atoms in total. The van der Waals surface area contributed by atoms with Gasteiger partial charge in [-0.2, -0.15) is 0 Å². The molecular weight excluding hydrogens is 164 g/mol. The molecule has 0 bridgehead atoms. The van der Waals surface area contributed by atoms with Crippen LogP contribution < -0.4 is 0 Å². The van der Waals surface area contributed by atoms with Crippen molar-refractivity contribution in [2.75, 3.05) is 13.7 Å². The van der Waals surface area contributed by atoms with Crippen molar-refractivity contribution < 1.29 is 13.2 Å². The molecule has 0 fully saturated rings. The van der Waals surface area contributed by atoms with Gasteiger partial charge >= 0.3 is 0 Å². The minimum absolute atomic E-state index is 0.256. The second-order valence-electron chi connectivity index (χ2n) is 1.30. The van der Waals surface area contributed by atoms with Crippen LogP contribution in [0.5, 0.6) is 0 Å². The highest BCUT2D eigenvalue weighted by Gasteiger charge is 1.93. The van der Waals surface area contributed by atoms with E-state index in [0.717, 1.165) is 5.41 Å². The number of hydrogen-bond donors (Lipinski definition) is 0. The van der Waals surface area contributed by atoms with E-state index in [0.29, 0.717) is 0 Å². The highest BCUT2D eigenvalue weighted by Crippen LogP contribution is 1.96. The number of hydrogen-bond acceptors (Lipinski definition) is 3. The molecule has 0 aromatic heterocycles. The van der Waals surface area contributed by atoms with E-state index in [-0.39, 0.29) is 6.61 Å². The lowest BCUT2D eigenvalue weighted by Gasteiger charge is -1.84.